The fraction of sp³-hybridized carbons (Fsp3) is 0.857. The number of carbonyl (C=O) groups is 3. The number of unbranched alkanes of at least 4 members (excludes halogenated alkanes) is 4. The molecule has 0 saturated carbocycles. The lowest BCUT2D eigenvalue weighted by Gasteiger charge is -2.37. The van der Waals surface area contributed by atoms with Crippen LogP contribution in [0.25, 0.3) is 0 Å². The minimum atomic E-state index is -1.12. The van der Waals surface area contributed by atoms with E-state index in [9.17, 15) is 14.4 Å². The van der Waals surface area contributed by atoms with Crippen LogP contribution >= 0.6 is 0 Å². The van der Waals surface area contributed by atoms with Gasteiger partial charge in [-0.1, -0.05) is 53.4 Å². The molecule has 0 saturated heterocycles. The zero-order valence-corrected chi connectivity index (χ0v) is 17.8. The summed E-state index contributed by atoms with van der Waals surface area (Å²) in [4.78, 5) is 38.8. The van der Waals surface area contributed by atoms with Gasteiger partial charge in [-0.2, -0.15) is 0 Å². The molecule has 0 bridgehead atoms. The van der Waals surface area contributed by atoms with Crippen molar-refractivity contribution in [3.05, 3.63) is 0 Å². The number of carbonyl (C=O) groups excluding carboxylic acids is 2. The summed E-state index contributed by atoms with van der Waals surface area (Å²) in [5.41, 5.74) is -1.12. The molecule has 2 N–H and O–H groups in total. The highest BCUT2D eigenvalue weighted by Gasteiger charge is 2.40. The maximum Gasteiger partial charge on any atom is 0.303 e. The van der Waals surface area contributed by atoms with Crippen LogP contribution in [0.15, 0.2) is 0 Å². The molecule has 27 heavy (non-hydrogen) atoms. The molecule has 0 spiro atoms. The normalized spacial score (nSPS) is 13.0. The first-order valence-electron chi connectivity index (χ1n) is 10.7. The molecular weight excluding hydrogens is 344 g/mol. The van der Waals surface area contributed by atoms with Gasteiger partial charge < -0.3 is 15.3 Å². The molecule has 0 aliphatic heterocycles. The van der Waals surface area contributed by atoms with Crippen LogP contribution in [0.4, 0.5) is 0 Å². The summed E-state index contributed by atoms with van der Waals surface area (Å²) in [6.07, 6.45) is 7.30. The topological polar surface area (TPSA) is 86.7 Å². The zero-order chi connectivity index (χ0) is 20.7. The Morgan fingerprint density at radius 1 is 0.852 bits per heavy atom. The number of nitrogens with zero attached hydrogens (tertiary/aromatic N) is 1. The van der Waals surface area contributed by atoms with Gasteiger partial charge in [-0.3, -0.25) is 14.4 Å². The third-order valence-corrected chi connectivity index (χ3v) is 5.02. The van der Waals surface area contributed by atoms with Crippen LogP contribution in [0.3, 0.4) is 0 Å². The fourth-order valence-corrected chi connectivity index (χ4v) is 3.14. The van der Waals surface area contributed by atoms with Crippen LogP contribution < -0.4 is 5.32 Å². The van der Waals surface area contributed by atoms with Gasteiger partial charge in [0.25, 0.3) is 0 Å². The van der Waals surface area contributed by atoms with E-state index < -0.39 is 11.5 Å². The Morgan fingerprint density at radius 3 is 1.85 bits per heavy atom. The van der Waals surface area contributed by atoms with Gasteiger partial charge in [0.05, 0.1) is 0 Å². The maximum absolute atomic E-state index is 13.4. The molecule has 0 fully saturated rings. The molecule has 0 aromatic rings. The number of nitrogens with one attached hydrogen (secondary N) is 1. The molecule has 0 rings (SSSR count). The fourth-order valence-electron chi connectivity index (χ4n) is 3.14. The van der Waals surface area contributed by atoms with Crippen molar-refractivity contribution in [1.82, 2.24) is 10.2 Å². The first-order chi connectivity index (χ1) is 12.9. The van der Waals surface area contributed by atoms with Crippen molar-refractivity contribution in [2.45, 2.75) is 104 Å². The predicted molar refractivity (Wildman–Crippen MR) is 109 cm³/mol. The van der Waals surface area contributed by atoms with E-state index in [0.29, 0.717) is 25.9 Å². The van der Waals surface area contributed by atoms with Crippen molar-refractivity contribution in [2.75, 3.05) is 13.1 Å². The van der Waals surface area contributed by atoms with E-state index in [0.717, 1.165) is 44.9 Å². The Kier molecular flexibility index (Phi) is 13.6. The van der Waals surface area contributed by atoms with Gasteiger partial charge in [-0.05, 0) is 32.1 Å². The van der Waals surface area contributed by atoms with Gasteiger partial charge >= 0.3 is 5.97 Å². The van der Waals surface area contributed by atoms with E-state index >= 15 is 0 Å². The lowest BCUT2D eigenvalue weighted by atomic mass is 9.87. The van der Waals surface area contributed by atoms with E-state index in [4.69, 9.17) is 5.11 Å². The second-order valence-corrected chi connectivity index (χ2v) is 7.33. The summed E-state index contributed by atoms with van der Waals surface area (Å²) in [6.45, 7) is 9.38. The van der Waals surface area contributed by atoms with Crippen molar-refractivity contribution in [3.8, 4) is 0 Å². The van der Waals surface area contributed by atoms with Gasteiger partial charge in [0.2, 0.25) is 11.8 Å². The number of rotatable bonds is 16. The lowest BCUT2D eigenvalue weighted by Crippen LogP contribution is -2.60. The average molecular weight is 385 g/mol. The van der Waals surface area contributed by atoms with Crippen molar-refractivity contribution in [1.29, 1.82) is 0 Å². The molecule has 6 heteroatoms. The first kappa shape index (κ1) is 25.4. The Hall–Kier alpha value is -1.59. The third kappa shape index (κ3) is 9.78. The Morgan fingerprint density at radius 2 is 1.41 bits per heavy atom. The van der Waals surface area contributed by atoms with Crippen molar-refractivity contribution in [2.24, 2.45) is 0 Å². The highest BCUT2D eigenvalue weighted by Crippen LogP contribution is 2.23. The number of amides is 2. The molecule has 0 aromatic heterocycles. The average Bonchev–Trinajstić information content (AvgIpc) is 2.65. The standard InChI is InChI=1S/C21H40N2O4/c1-5-9-12-13-18(24)22-21(8-4,15-14-19(25)26)20(27)23(16-10-6-2)17-11-7-3/h5-17H2,1-4H3,(H,22,24)(H,25,26)/t21-/m0/s1. The van der Waals surface area contributed by atoms with Gasteiger partial charge in [0, 0.05) is 25.9 Å². The molecule has 0 aliphatic rings. The van der Waals surface area contributed by atoms with Crippen LogP contribution in [0.1, 0.15) is 98.3 Å². The summed E-state index contributed by atoms with van der Waals surface area (Å²) < 4.78 is 0. The maximum atomic E-state index is 13.4. The second-order valence-electron chi connectivity index (χ2n) is 7.33. The van der Waals surface area contributed by atoms with Gasteiger partial charge in [-0.15, -0.1) is 0 Å². The molecule has 0 aromatic carbocycles. The van der Waals surface area contributed by atoms with E-state index in [1.807, 2.05) is 11.8 Å². The Labute approximate surface area is 165 Å². The molecule has 0 aliphatic carbocycles. The van der Waals surface area contributed by atoms with Crippen LogP contribution in [0.5, 0.6) is 0 Å². The van der Waals surface area contributed by atoms with Gasteiger partial charge in [0.1, 0.15) is 5.54 Å². The van der Waals surface area contributed by atoms with Crippen molar-refractivity contribution < 1.29 is 19.5 Å². The SMILES string of the molecule is CCCCCC(=O)N[C@@](CC)(CCC(=O)O)C(=O)N(CCCC)CCCC. The molecule has 2 amide bonds. The van der Waals surface area contributed by atoms with E-state index in [1.54, 1.807) is 0 Å². The van der Waals surface area contributed by atoms with Crippen LogP contribution in [0.2, 0.25) is 0 Å². The summed E-state index contributed by atoms with van der Waals surface area (Å²) in [5.74, 6) is -1.23. The molecule has 0 radical (unpaired) electrons. The number of hydrogen-bond donors (Lipinski definition) is 2. The summed E-state index contributed by atoms with van der Waals surface area (Å²) in [7, 11) is 0. The summed E-state index contributed by atoms with van der Waals surface area (Å²) in [6, 6.07) is 0. The van der Waals surface area contributed by atoms with Crippen molar-refractivity contribution >= 4 is 17.8 Å². The Bertz CT molecular complexity index is 445. The highest BCUT2D eigenvalue weighted by molar-refractivity contribution is 5.92. The number of carboxylic acid groups (broad SMARTS) is 1. The second kappa shape index (κ2) is 14.5. The largest absolute Gasteiger partial charge is 0.481 e. The zero-order valence-electron chi connectivity index (χ0n) is 17.8. The van der Waals surface area contributed by atoms with E-state index in [1.165, 1.54) is 0 Å². The van der Waals surface area contributed by atoms with Crippen LogP contribution in [0, 0.1) is 0 Å². The van der Waals surface area contributed by atoms with Gasteiger partial charge in [-0.25, -0.2) is 0 Å². The Balaban J connectivity index is 5.43. The van der Waals surface area contributed by atoms with E-state index in [2.05, 4.69) is 26.1 Å². The molecule has 1 atom stereocenters. The number of hydrogen-bond acceptors (Lipinski definition) is 3. The minimum absolute atomic E-state index is 0.128. The molecule has 6 nitrogen and oxygen atoms in total. The highest BCUT2D eigenvalue weighted by atomic mass is 16.4. The monoisotopic (exact) mass is 384 g/mol. The first-order valence-corrected chi connectivity index (χ1v) is 10.7. The molecule has 0 heterocycles. The van der Waals surface area contributed by atoms with Gasteiger partial charge in [0.15, 0.2) is 0 Å². The lowest BCUT2D eigenvalue weighted by molar-refractivity contribution is -0.144. The number of aliphatic carboxylic acids is 1. The molecule has 158 valence electrons. The number of carboxylic acids is 1. The third-order valence-electron chi connectivity index (χ3n) is 5.02. The van der Waals surface area contributed by atoms with Crippen LogP contribution in [-0.2, 0) is 14.4 Å². The minimum Gasteiger partial charge on any atom is -0.481 e. The quantitative estimate of drug-likeness (QED) is 0.392. The summed E-state index contributed by atoms with van der Waals surface area (Å²) >= 11 is 0. The summed E-state index contributed by atoms with van der Waals surface area (Å²) in [5, 5.41) is 12.1. The van der Waals surface area contributed by atoms with Crippen LogP contribution in [-0.4, -0.2) is 46.4 Å². The van der Waals surface area contributed by atoms with Crippen molar-refractivity contribution in [3.63, 3.8) is 0 Å². The predicted octanol–water partition coefficient (Wildman–Crippen LogP) is 4.13. The molecule has 0 unspecified atom stereocenters. The molecular formula is C21H40N2O4. The van der Waals surface area contributed by atoms with E-state index in [-0.39, 0.29) is 24.7 Å². The smallest absolute Gasteiger partial charge is 0.303 e.